The van der Waals surface area contributed by atoms with Gasteiger partial charge in [0.15, 0.2) is 0 Å². The van der Waals surface area contributed by atoms with E-state index in [1.54, 1.807) is 21.0 Å². The standard InChI is InChI=1S/C13H17BrO3/c1-8-10(14)5-9(6-11(8)17-4)7-13(2,3)12(15)16/h5-6H,7H2,1-4H3,(H,15,16). The number of carbonyl (C=O) groups is 1. The van der Waals surface area contributed by atoms with Crippen LogP contribution in [0.4, 0.5) is 0 Å². The van der Waals surface area contributed by atoms with E-state index in [2.05, 4.69) is 15.9 Å². The average molecular weight is 301 g/mol. The molecule has 0 atom stereocenters. The smallest absolute Gasteiger partial charge is 0.309 e. The lowest BCUT2D eigenvalue weighted by molar-refractivity contribution is -0.146. The monoisotopic (exact) mass is 300 g/mol. The van der Waals surface area contributed by atoms with Crippen LogP contribution in [0.2, 0.25) is 0 Å². The quantitative estimate of drug-likeness (QED) is 0.927. The zero-order chi connectivity index (χ0) is 13.2. The predicted molar refractivity (Wildman–Crippen MR) is 70.6 cm³/mol. The molecule has 0 aliphatic rings. The predicted octanol–water partition coefficient (Wildman–Crippen LogP) is 3.42. The summed E-state index contributed by atoms with van der Waals surface area (Å²) in [4.78, 5) is 11.1. The molecule has 1 rings (SSSR count). The maximum absolute atomic E-state index is 11.1. The van der Waals surface area contributed by atoms with Gasteiger partial charge in [-0.05, 0) is 44.9 Å². The van der Waals surface area contributed by atoms with E-state index in [9.17, 15) is 4.79 Å². The van der Waals surface area contributed by atoms with Gasteiger partial charge in [-0.15, -0.1) is 0 Å². The molecular formula is C13H17BrO3. The van der Waals surface area contributed by atoms with E-state index in [1.807, 2.05) is 19.1 Å². The Morgan fingerprint density at radius 2 is 2.06 bits per heavy atom. The summed E-state index contributed by atoms with van der Waals surface area (Å²) in [6, 6.07) is 3.84. The highest BCUT2D eigenvalue weighted by Crippen LogP contribution is 2.31. The van der Waals surface area contributed by atoms with Gasteiger partial charge >= 0.3 is 5.97 Å². The normalized spacial score (nSPS) is 11.4. The van der Waals surface area contributed by atoms with Crippen molar-refractivity contribution in [2.24, 2.45) is 5.41 Å². The molecule has 0 amide bonds. The molecule has 0 bridgehead atoms. The first-order valence-corrected chi connectivity index (χ1v) is 6.13. The Kier molecular flexibility index (Phi) is 4.20. The number of methoxy groups -OCH3 is 1. The molecule has 0 aliphatic carbocycles. The van der Waals surface area contributed by atoms with Crippen molar-refractivity contribution in [1.29, 1.82) is 0 Å². The maximum atomic E-state index is 11.1. The summed E-state index contributed by atoms with van der Waals surface area (Å²) in [6.45, 7) is 5.39. The molecule has 0 radical (unpaired) electrons. The van der Waals surface area contributed by atoms with Crippen LogP contribution in [-0.2, 0) is 11.2 Å². The average Bonchev–Trinajstić information content (AvgIpc) is 2.22. The third kappa shape index (κ3) is 3.22. The SMILES string of the molecule is COc1cc(CC(C)(C)C(=O)O)cc(Br)c1C. The van der Waals surface area contributed by atoms with Crippen LogP contribution in [0.25, 0.3) is 0 Å². The van der Waals surface area contributed by atoms with Gasteiger partial charge < -0.3 is 9.84 Å². The van der Waals surface area contributed by atoms with Gasteiger partial charge in [0.2, 0.25) is 0 Å². The second-order valence-electron chi connectivity index (χ2n) is 4.77. The highest BCUT2D eigenvalue weighted by Gasteiger charge is 2.27. The molecule has 3 nitrogen and oxygen atoms in total. The fourth-order valence-electron chi connectivity index (χ4n) is 1.61. The second-order valence-corrected chi connectivity index (χ2v) is 5.63. The fourth-order valence-corrected chi connectivity index (χ4v) is 2.10. The molecule has 0 heterocycles. The summed E-state index contributed by atoms with van der Waals surface area (Å²) in [7, 11) is 1.61. The first-order valence-electron chi connectivity index (χ1n) is 5.34. The number of halogens is 1. The number of hydrogen-bond acceptors (Lipinski definition) is 2. The molecule has 0 spiro atoms. The minimum atomic E-state index is -0.798. The molecule has 94 valence electrons. The minimum Gasteiger partial charge on any atom is -0.496 e. The zero-order valence-corrected chi connectivity index (χ0v) is 12.1. The first-order chi connectivity index (χ1) is 7.77. The van der Waals surface area contributed by atoms with Crippen LogP contribution in [-0.4, -0.2) is 18.2 Å². The molecule has 17 heavy (non-hydrogen) atoms. The minimum absolute atomic E-state index is 0.470. The molecule has 0 unspecified atom stereocenters. The van der Waals surface area contributed by atoms with Crippen molar-refractivity contribution in [3.05, 3.63) is 27.7 Å². The van der Waals surface area contributed by atoms with Crippen LogP contribution in [0.15, 0.2) is 16.6 Å². The molecule has 0 saturated carbocycles. The van der Waals surface area contributed by atoms with Crippen LogP contribution < -0.4 is 4.74 Å². The van der Waals surface area contributed by atoms with Crippen molar-refractivity contribution in [2.75, 3.05) is 7.11 Å². The fraction of sp³-hybridized carbons (Fsp3) is 0.462. The third-order valence-corrected chi connectivity index (χ3v) is 3.63. The third-order valence-electron chi connectivity index (χ3n) is 2.80. The van der Waals surface area contributed by atoms with E-state index in [1.165, 1.54) is 0 Å². The number of aliphatic carboxylic acids is 1. The lowest BCUT2D eigenvalue weighted by Gasteiger charge is -2.20. The highest BCUT2D eigenvalue weighted by molar-refractivity contribution is 9.10. The number of carboxylic acids is 1. The Balaban J connectivity index is 3.09. The molecular weight excluding hydrogens is 284 g/mol. The molecule has 1 N–H and O–H groups in total. The Bertz CT molecular complexity index is 439. The van der Waals surface area contributed by atoms with E-state index in [0.29, 0.717) is 6.42 Å². The molecule has 1 aromatic carbocycles. The van der Waals surface area contributed by atoms with Crippen LogP contribution in [0.5, 0.6) is 5.75 Å². The van der Waals surface area contributed by atoms with Gasteiger partial charge in [-0.25, -0.2) is 0 Å². The lowest BCUT2D eigenvalue weighted by atomic mass is 9.85. The van der Waals surface area contributed by atoms with Gasteiger partial charge in [-0.2, -0.15) is 0 Å². The number of carboxylic acid groups (broad SMARTS) is 1. The summed E-state index contributed by atoms with van der Waals surface area (Å²) in [5.74, 6) is -0.0243. The topological polar surface area (TPSA) is 46.5 Å². The van der Waals surface area contributed by atoms with Gasteiger partial charge in [0.1, 0.15) is 5.75 Å². The van der Waals surface area contributed by atoms with Crippen LogP contribution in [0.1, 0.15) is 25.0 Å². The van der Waals surface area contributed by atoms with E-state index in [0.717, 1.165) is 21.3 Å². The van der Waals surface area contributed by atoms with Gasteiger partial charge in [0, 0.05) is 10.0 Å². The van der Waals surface area contributed by atoms with Crippen molar-refractivity contribution in [1.82, 2.24) is 0 Å². The van der Waals surface area contributed by atoms with Gasteiger partial charge in [-0.1, -0.05) is 15.9 Å². The molecule has 0 saturated heterocycles. The summed E-state index contributed by atoms with van der Waals surface area (Å²) in [6.07, 6.45) is 0.470. The number of benzene rings is 1. The van der Waals surface area contributed by atoms with Crippen LogP contribution in [0, 0.1) is 12.3 Å². The van der Waals surface area contributed by atoms with Crippen molar-refractivity contribution in [2.45, 2.75) is 27.2 Å². The molecule has 0 fully saturated rings. The Morgan fingerprint density at radius 3 is 2.53 bits per heavy atom. The molecule has 0 aromatic heterocycles. The summed E-state index contributed by atoms with van der Waals surface area (Å²) >= 11 is 3.45. The van der Waals surface area contributed by atoms with E-state index in [4.69, 9.17) is 9.84 Å². The lowest BCUT2D eigenvalue weighted by Crippen LogP contribution is -2.26. The number of rotatable bonds is 4. The Hall–Kier alpha value is -1.03. The van der Waals surface area contributed by atoms with Crippen LogP contribution >= 0.6 is 15.9 Å². The maximum Gasteiger partial charge on any atom is 0.309 e. The molecule has 0 aliphatic heterocycles. The van der Waals surface area contributed by atoms with Crippen molar-refractivity contribution in [3.8, 4) is 5.75 Å². The summed E-state index contributed by atoms with van der Waals surface area (Å²) in [5, 5.41) is 9.11. The molecule has 4 heteroatoms. The summed E-state index contributed by atoms with van der Waals surface area (Å²) < 4.78 is 6.20. The first kappa shape index (κ1) is 14.0. The van der Waals surface area contributed by atoms with Gasteiger partial charge in [-0.3, -0.25) is 4.79 Å². The van der Waals surface area contributed by atoms with Gasteiger partial charge in [0.05, 0.1) is 12.5 Å². The second kappa shape index (κ2) is 5.08. The van der Waals surface area contributed by atoms with Gasteiger partial charge in [0.25, 0.3) is 0 Å². The van der Waals surface area contributed by atoms with E-state index >= 15 is 0 Å². The number of hydrogen-bond donors (Lipinski definition) is 1. The van der Waals surface area contributed by atoms with Crippen molar-refractivity contribution < 1.29 is 14.6 Å². The Labute approximate surface area is 110 Å². The van der Waals surface area contributed by atoms with E-state index < -0.39 is 11.4 Å². The zero-order valence-electron chi connectivity index (χ0n) is 10.5. The number of ether oxygens (including phenoxy) is 1. The Morgan fingerprint density at radius 1 is 1.47 bits per heavy atom. The van der Waals surface area contributed by atoms with Crippen molar-refractivity contribution in [3.63, 3.8) is 0 Å². The van der Waals surface area contributed by atoms with Crippen LogP contribution in [0.3, 0.4) is 0 Å². The summed E-state index contributed by atoms with van der Waals surface area (Å²) in [5.41, 5.74) is 1.19. The van der Waals surface area contributed by atoms with E-state index in [-0.39, 0.29) is 0 Å². The van der Waals surface area contributed by atoms with Crippen molar-refractivity contribution >= 4 is 21.9 Å². The largest absolute Gasteiger partial charge is 0.496 e. The highest BCUT2D eigenvalue weighted by atomic mass is 79.9. The molecule has 1 aromatic rings.